The Labute approximate surface area is 259 Å². The number of rotatable bonds is 30. The number of carbonyl (C=O) groups is 1. The first-order chi connectivity index (χ1) is 20.6. The fourth-order valence-electron chi connectivity index (χ4n) is 4.80. The van der Waals surface area contributed by atoms with Crippen molar-refractivity contribution in [2.24, 2.45) is 0 Å². The molecule has 5 heteroatoms. The molecule has 3 unspecified atom stereocenters. The zero-order valence-electron chi connectivity index (χ0n) is 27.4. The predicted molar refractivity (Wildman–Crippen MR) is 181 cm³/mol. The van der Waals surface area contributed by atoms with Crippen LogP contribution in [0.2, 0.25) is 0 Å². The van der Waals surface area contributed by atoms with Gasteiger partial charge in [0.05, 0.1) is 18.8 Å². The number of amides is 1. The summed E-state index contributed by atoms with van der Waals surface area (Å²) in [5.41, 5.74) is 0. The molecule has 0 aromatic rings. The Morgan fingerprint density at radius 2 is 1.02 bits per heavy atom. The highest BCUT2D eigenvalue weighted by molar-refractivity contribution is 5.80. The lowest BCUT2D eigenvalue weighted by molar-refractivity contribution is -0.131. The average Bonchev–Trinajstić information content (AvgIpc) is 2.99. The Kier molecular flexibility index (Phi) is 30.9. The van der Waals surface area contributed by atoms with Gasteiger partial charge < -0.3 is 20.6 Å². The standard InChI is InChI=1S/C37H67NO4/c1-3-5-7-9-11-13-15-16-17-18-19-20-22-24-26-28-30-32-36(41)37(42)38-34(33-39)35(40)31-29-27-25-23-21-14-12-10-8-6-4-2/h8,10,19-21,23,29,31,34-36,39-41H,3-7,9,11-18,22,24-28,30,32-33H2,1-2H3,(H,38,42)/b10-8+,20-19-,23-21+,31-29+. The minimum absolute atomic E-state index is 0.387. The predicted octanol–water partition coefficient (Wildman–Crippen LogP) is 9.03. The lowest BCUT2D eigenvalue weighted by atomic mass is 10.1. The van der Waals surface area contributed by atoms with Gasteiger partial charge in [-0.25, -0.2) is 0 Å². The zero-order valence-corrected chi connectivity index (χ0v) is 27.4. The third-order valence-corrected chi connectivity index (χ3v) is 7.60. The molecule has 3 atom stereocenters. The highest BCUT2D eigenvalue weighted by atomic mass is 16.3. The number of hydrogen-bond donors (Lipinski definition) is 4. The minimum atomic E-state index is -1.12. The first kappa shape index (κ1) is 40.3. The van der Waals surface area contributed by atoms with Crippen LogP contribution in [0.1, 0.15) is 155 Å². The average molecular weight is 590 g/mol. The van der Waals surface area contributed by atoms with Gasteiger partial charge in [0.25, 0.3) is 0 Å². The van der Waals surface area contributed by atoms with E-state index in [4.69, 9.17) is 0 Å². The molecule has 0 aromatic carbocycles. The van der Waals surface area contributed by atoms with Crippen LogP contribution >= 0.6 is 0 Å². The molecular formula is C37H67NO4. The molecule has 0 bridgehead atoms. The van der Waals surface area contributed by atoms with Crippen molar-refractivity contribution in [1.29, 1.82) is 0 Å². The smallest absolute Gasteiger partial charge is 0.249 e. The van der Waals surface area contributed by atoms with E-state index in [1.807, 2.05) is 6.08 Å². The van der Waals surface area contributed by atoms with Crippen molar-refractivity contribution in [2.45, 2.75) is 173 Å². The summed E-state index contributed by atoms with van der Waals surface area (Å²) in [6.45, 7) is 4.06. The minimum Gasteiger partial charge on any atom is -0.394 e. The Morgan fingerprint density at radius 1 is 0.571 bits per heavy atom. The Bertz CT molecular complexity index is 700. The molecular weight excluding hydrogens is 522 g/mol. The van der Waals surface area contributed by atoms with Crippen molar-refractivity contribution in [3.63, 3.8) is 0 Å². The second-order valence-corrected chi connectivity index (χ2v) is 11.7. The second-order valence-electron chi connectivity index (χ2n) is 11.7. The third kappa shape index (κ3) is 27.2. The summed E-state index contributed by atoms with van der Waals surface area (Å²) in [5.74, 6) is -0.531. The molecule has 0 aliphatic heterocycles. The number of carbonyl (C=O) groups excluding carboxylic acids is 1. The van der Waals surface area contributed by atoms with Crippen LogP contribution in [0, 0.1) is 0 Å². The highest BCUT2D eigenvalue weighted by Gasteiger charge is 2.22. The first-order valence-electron chi connectivity index (χ1n) is 17.5. The van der Waals surface area contributed by atoms with Crippen molar-refractivity contribution in [3.8, 4) is 0 Å². The molecule has 4 N–H and O–H groups in total. The lowest BCUT2D eigenvalue weighted by Crippen LogP contribution is -2.48. The normalized spacial score (nSPS) is 14.5. The zero-order chi connectivity index (χ0) is 30.9. The summed E-state index contributed by atoms with van der Waals surface area (Å²) < 4.78 is 0. The van der Waals surface area contributed by atoms with E-state index >= 15 is 0 Å². The molecule has 0 fully saturated rings. The van der Waals surface area contributed by atoms with E-state index in [0.29, 0.717) is 6.42 Å². The molecule has 1 amide bonds. The van der Waals surface area contributed by atoms with Gasteiger partial charge in [0, 0.05) is 0 Å². The van der Waals surface area contributed by atoms with E-state index in [0.717, 1.165) is 64.2 Å². The van der Waals surface area contributed by atoms with Gasteiger partial charge in [0.15, 0.2) is 0 Å². The van der Waals surface area contributed by atoms with Crippen LogP contribution < -0.4 is 5.32 Å². The molecule has 0 heterocycles. The van der Waals surface area contributed by atoms with Crippen molar-refractivity contribution >= 4 is 5.91 Å². The maximum absolute atomic E-state index is 12.3. The van der Waals surface area contributed by atoms with Gasteiger partial charge in [0.1, 0.15) is 6.10 Å². The Balaban J connectivity index is 3.83. The van der Waals surface area contributed by atoms with Crippen molar-refractivity contribution in [2.75, 3.05) is 6.61 Å². The highest BCUT2D eigenvalue weighted by Crippen LogP contribution is 2.12. The number of nitrogens with one attached hydrogen (secondary N) is 1. The largest absolute Gasteiger partial charge is 0.394 e. The molecule has 0 radical (unpaired) electrons. The lowest BCUT2D eigenvalue weighted by Gasteiger charge is -2.21. The Hall–Kier alpha value is -1.69. The fraction of sp³-hybridized carbons (Fsp3) is 0.757. The van der Waals surface area contributed by atoms with Gasteiger partial charge in [-0.2, -0.15) is 0 Å². The van der Waals surface area contributed by atoms with E-state index in [1.54, 1.807) is 6.08 Å². The summed E-state index contributed by atoms with van der Waals surface area (Å²) in [6, 6.07) is -0.823. The maximum Gasteiger partial charge on any atom is 0.249 e. The molecule has 0 spiro atoms. The topological polar surface area (TPSA) is 89.8 Å². The summed E-state index contributed by atoms with van der Waals surface area (Å²) >= 11 is 0. The molecule has 0 aliphatic carbocycles. The van der Waals surface area contributed by atoms with Gasteiger partial charge in [0.2, 0.25) is 5.91 Å². The molecule has 244 valence electrons. The molecule has 0 aliphatic rings. The molecule has 0 rings (SSSR count). The van der Waals surface area contributed by atoms with E-state index in [2.05, 4.69) is 55.6 Å². The number of aliphatic hydroxyl groups excluding tert-OH is 3. The van der Waals surface area contributed by atoms with Crippen LogP contribution in [0.4, 0.5) is 0 Å². The molecule has 0 aromatic heterocycles. The van der Waals surface area contributed by atoms with E-state index in [1.165, 1.54) is 70.6 Å². The SMILES string of the molecule is CCC/C=C/CC/C=C/CC/C=C/C(O)C(CO)NC(=O)C(O)CCCCCC/C=C\CCCCCCCCCCC. The molecule has 0 saturated heterocycles. The number of aliphatic hydroxyl groups is 3. The van der Waals surface area contributed by atoms with Crippen LogP contribution in [0.5, 0.6) is 0 Å². The van der Waals surface area contributed by atoms with Crippen LogP contribution in [0.25, 0.3) is 0 Å². The van der Waals surface area contributed by atoms with Crippen molar-refractivity contribution in [1.82, 2.24) is 5.32 Å². The fourth-order valence-corrected chi connectivity index (χ4v) is 4.80. The quantitative estimate of drug-likeness (QED) is 0.0497. The molecule has 42 heavy (non-hydrogen) atoms. The second kappa shape index (κ2) is 32.2. The summed E-state index contributed by atoms with van der Waals surface area (Å²) in [6.07, 6.45) is 39.8. The molecule has 5 nitrogen and oxygen atoms in total. The van der Waals surface area contributed by atoms with E-state index in [-0.39, 0.29) is 6.61 Å². The van der Waals surface area contributed by atoms with Gasteiger partial charge in [-0.3, -0.25) is 4.79 Å². The van der Waals surface area contributed by atoms with Crippen molar-refractivity contribution in [3.05, 3.63) is 48.6 Å². The van der Waals surface area contributed by atoms with Crippen LogP contribution in [-0.4, -0.2) is 46.1 Å². The summed E-state index contributed by atoms with van der Waals surface area (Å²) in [4.78, 5) is 12.3. The van der Waals surface area contributed by atoms with Crippen LogP contribution in [0.15, 0.2) is 48.6 Å². The van der Waals surface area contributed by atoms with Gasteiger partial charge in [-0.1, -0.05) is 140 Å². The number of hydrogen-bond acceptors (Lipinski definition) is 4. The number of unbranched alkanes of at least 4 members (excludes halogenated alkanes) is 16. The number of allylic oxidation sites excluding steroid dienone is 7. The van der Waals surface area contributed by atoms with Gasteiger partial charge in [-0.15, -0.1) is 0 Å². The van der Waals surface area contributed by atoms with Crippen LogP contribution in [-0.2, 0) is 4.79 Å². The van der Waals surface area contributed by atoms with Gasteiger partial charge >= 0.3 is 0 Å². The van der Waals surface area contributed by atoms with Crippen LogP contribution in [0.3, 0.4) is 0 Å². The van der Waals surface area contributed by atoms with Gasteiger partial charge in [-0.05, 0) is 64.2 Å². The maximum atomic E-state index is 12.3. The Morgan fingerprint density at radius 3 is 1.55 bits per heavy atom. The van der Waals surface area contributed by atoms with Crippen molar-refractivity contribution < 1.29 is 20.1 Å². The van der Waals surface area contributed by atoms with E-state index < -0.39 is 24.2 Å². The molecule has 0 saturated carbocycles. The van der Waals surface area contributed by atoms with E-state index in [9.17, 15) is 20.1 Å². The monoisotopic (exact) mass is 590 g/mol. The summed E-state index contributed by atoms with van der Waals surface area (Å²) in [7, 11) is 0. The first-order valence-corrected chi connectivity index (χ1v) is 17.5. The third-order valence-electron chi connectivity index (χ3n) is 7.60. The summed E-state index contributed by atoms with van der Waals surface area (Å²) in [5, 5.41) is 32.8.